The van der Waals surface area contributed by atoms with Gasteiger partial charge in [-0.3, -0.25) is 9.69 Å². The second-order valence-corrected chi connectivity index (χ2v) is 6.26. The zero-order chi connectivity index (χ0) is 19.4. The quantitative estimate of drug-likeness (QED) is 0.833. The molecule has 3 rings (SSSR count). The molecule has 0 atom stereocenters. The van der Waals surface area contributed by atoms with Crippen LogP contribution in [0.3, 0.4) is 0 Å². The molecule has 0 radical (unpaired) electrons. The van der Waals surface area contributed by atoms with Gasteiger partial charge in [0.05, 0.1) is 11.3 Å². The van der Waals surface area contributed by atoms with E-state index in [0.717, 1.165) is 38.1 Å². The molecule has 2 N–H and O–H groups in total. The highest BCUT2D eigenvalue weighted by Crippen LogP contribution is 2.31. The molecule has 1 aliphatic rings. The Morgan fingerprint density at radius 1 is 1.15 bits per heavy atom. The van der Waals surface area contributed by atoms with Gasteiger partial charge in [-0.2, -0.15) is 23.1 Å². The summed E-state index contributed by atoms with van der Waals surface area (Å²) in [6.45, 7) is 3.08. The smallest absolute Gasteiger partial charge is 0.416 e. The summed E-state index contributed by atoms with van der Waals surface area (Å²) in [5, 5.41) is 0. The van der Waals surface area contributed by atoms with Crippen LogP contribution in [0.4, 0.5) is 13.2 Å². The number of carbonyl (C=O) groups excluding carboxylic acids is 1. The van der Waals surface area contributed by atoms with Crippen LogP contribution >= 0.6 is 0 Å². The first-order valence-corrected chi connectivity index (χ1v) is 8.54. The van der Waals surface area contributed by atoms with E-state index in [-0.39, 0.29) is 17.4 Å². The van der Waals surface area contributed by atoms with Crippen LogP contribution in [0.2, 0.25) is 0 Å². The topological polar surface area (TPSA) is 81.3 Å². The van der Waals surface area contributed by atoms with Gasteiger partial charge >= 0.3 is 12.2 Å². The number of aromatic nitrogens is 2. The third-order valence-electron chi connectivity index (χ3n) is 4.30. The third-order valence-corrected chi connectivity index (χ3v) is 4.30. The summed E-state index contributed by atoms with van der Waals surface area (Å²) in [5.41, 5.74) is 5.14. The van der Waals surface area contributed by atoms with Gasteiger partial charge in [0.2, 0.25) is 0 Å². The number of halogens is 3. The number of hydrogen-bond acceptors (Lipinski definition) is 5. The Morgan fingerprint density at radius 3 is 2.41 bits per heavy atom. The maximum Gasteiger partial charge on any atom is 0.416 e. The minimum atomic E-state index is -4.42. The van der Waals surface area contributed by atoms with E-state index >= 15 is 0 Å². The van der Waals surface area contributed by atoms with Crippen molar-refractivity contribution in [1.82, 2.24) is 14.9 Å². The van der Waals surface area contributed by atoms with Gasteiger partial charge in [-0.1, -0.05) is 12.1 Å². The average Bonchev–Trinajstić information content (AvgIpc) is 3.14. The van der Waals surface area contributed by atoms with Crippen molar-refractivity contribution in [2.75, 3.05) is 26.2 Å². The zero-order valence-corrected chi connectivity index (χ0v) is 14.5. The van der Waals surface area contributed by atoms with Gasteiger partial charge in [0.1, 0.15) is 12.3 Å². The van der Waals surface area contributed by atoms with Crippen LogP contribution in [0.5, 0.6) is 6.01 Å². The van der Waals surface area contributed by atoms with Gasteiger partial charge in [-0.25, -0.2) is 0 Å². The van der Waals surface area contributed by atoms with E-state index in [0.29, 0.717) is 18.7 Å². The van der Waals surface area contributed by atoms with Crippen molar-refractivity contribution in [2.24, 2.45) is 5.73 Å². The molecule has 1 aromatic carbocycles. The van der Waals surface area contributed by atoms with Crippen LogP contribution < -0.4 is 10.5 Å². The van der Waals surface area contributed by atoms with E-state index in [1.165, 1.54) is 18.2 Å². The molecule has 9 heteroatoms. The molecule has 1 aliphatic heterocycles. The standard InChI is InChI=1S/C18H19F3N4O2/c19-18(20,21)13-5-3-12(4-6-13)14-11-15(16(22)26)24-17(23-14)27-10-9-25-7-1-2-8-25/h3-6,11H,1-2,7-10H2,(H2,22,26). The van der Waals surface area contributed by atoms with Crippen LogP contribution in [0, 0.1) is 0 Å². The Labute approximate surface area is 154 Å². The Kier molecular flexibility index (Phi) is 5.59. The lowest BCUT2D eigenvalue weighted by molar-refractivity contribution is -0.137. The monoisotopic (exact) mass is 380 g/mol. The maximum absolute atomic E-state index is 12.7. The van der Waals surface area contributed by atoms with Crippen LogP contribution in [0.15, 0.2) is 30.3 Å². The molecule has 0 aliphatic carbocycles. The fourth-order valence-electron chi connectivity index (χ4n) is 2.87. The van der Waals surface area contributed by atoms with Gasteiger partial charge in [-0.15, -0.1) is 0 Å². The largest absolute Gasteiger partial charge is 0.462 e. The van der Waals surface area contributed by atoms with Crippen molar-refractivity contribution < 1.29 is 22.7 Å². The van der Waals surface area contributed by atoms with E-state index in [9.17, 15) is 18.0 Å². The summed E-state index contributed by atoms with van der Waals surface area (Å²) in [4.78, 5) is 21.9. The fraction of sp³-hybridized carbons (Fsp3) is 0.389. The van der Waals surface area contributed by atoms with Crippen LogP contribution in [-0.2, 0) is 6.18 Å². The Balaban J connectivity index is 1.79. The second-order valence-electron chi connectivity index (χ2n) is 6.26. The third kappa shape index (κ3) is 4.94. The molecule has 0 bridgehead atoms. The van der Waals surface area contributed by atoms with Crippen LogP contribution in [-0.4, -0.2) is 47.0 Å². The van der Waals surface area contributed by atoms with Gasteiger partial charge in [0.15, 0.2) is 0 Å². The molecule has 27 heavy (non-hydrogen) atoms. The minimum absolute atomic E-state index is 0.0274. The van der Waals surface area contributed by atoms with Crippen molar-refractivity contribution in [1.29, 1.82) is 0 Å². The molecule has 0 saturated carbocycles. The Morgan fingerprint density at radius 2 is 1.81 bits per heavy atom. The molecule has 2 heterocycles. The highest BCUT2D eigenvalue weighted by atomic mass is 19.4. The molecule has 2 aromatic rings. The van der Waals surface area contributed by atoms with Crippen LogP contribution in [0.1, 0.15) is 28.9 Å². The molecule has 0 unspecified atom stereocenters. The number of benzene rings is 1. The number of ether oxygens (including phenoxy) is 1. The van der Waals surface area contributed by atoms with Crippen molar-refractivity contribution in [3.05, 3.63) is 41.6 Å². The number of nitrogens with zero attached hydrogens (tertiary/aromatic N) is 3. The van der Waals surface area contributed by atoms with E-state index in [2.05, 4.69) is 14.9 Å². The molecular weight excluding hydrogens is 361 g/mol. The fourth-order valence-corrected chi connectivity index (χ4v) is 2.87. The highest BCUT2D eigenvalue weighted by Gasteiger charge is 2.30. The van der Waals surface area contributed by atoms with E-state index < -0.39 is 17.6 Å². The molecule has 1 amide bonds. The van der Waals surface area contributed by atoms with Crippen LogP contribution in [0.25, 0.3) is 11.3 Å². The highest BCUT2D eigenvalue weighted by molar-refractivity contribution is 5.91. The lowest BCUT2D eigenvalue weighted by Gasteiger charge is -2.14. The zero-order valence-electron chi connectivity index (χ0n) is 14.5. The van der Waals surface area contributed by atoms with E-state index in [1.807, 2.05) is 0 Å². The number of likely N-dealkylation sites (tertiary alicyclic amines) is 1. The first kappa shape index (κ1) is 19.1. The molecule has 144 valence electrons. The summed E-state index contributed by atoms with van der Waals surface area (Å²) in [6.07, 6.45) is -2.11. The molecule has 6 nitrogen and oxygen atoms in total. The predicted molar refractivity (Wildman–Crippen MR) is 92.2 cm³/mol. The number of primary amides is 1. The van der Waals surface area contributed by atoms with E-state index in [1.54, 1.807) is 0 Å². The summed E-state index contributed by atoms with van der Waals surface area (Å²) in [6, 6.07) is 5.77. The summed E-state index contributed by atoms with van der Waals surface area (Å²) < 4.78 is 43.7. The molecular formula is C18H19F3N4O2. The predicted octanol–water partition coefficient (Wildman–Crippen LogP) is 2.74. The molecule has 0 spiro atoms. The van der Waals surface area contributed by atoms with Gasteiger partial charge in [0.25, 0.3) is 5.91 Å². The van der Waals surface area contributed by atoms with Gasteiger partial charge in [-0.05, 0) is 44.1 Å². The average molecular weight is 380 g/mol. The number of nitrogens with two attached hydrogens (primary N) is 1. The van der Waals surface area contributed by atoms with Gasteiger partial charge in [0, 0.05) is 12.1 Å². The lowest BCUT2D eigenvalue weighted by Crippen LogP contribution is -2.25. The lowest BCUT2D eigenvalue weighted by atomic mass is 10.1. The van der Waals surface area contributed by atoms with Crippen molar-refractivity contribution in [3.63, 3.8) is 0 Å². The molecule has 1 aromatic heterocycles. The summed E-state index contributed by atoms with van der Waals surface area (Å²) in [7, 11) is 0. The first-order chi connectivity index (χ1) is 12.8. The maximum atomic E-state index is 12.7. The normalized spacial score (nSPS) is 15.1. The van der Waals surface area contributed by atoms with Crippen molar-refractivity contribution >= 4 is 5.91 Å². The second kappa shape index (κ2) is 7.91. The summed E-state index contributed by atoms with van der Waals surface area (Å²) >= 11 is 0. The van der Waals surface area contributed by atoms with Gasteiger partial charge < -0.3 is 10.5 Å². The van der Waals surface area contributed by atoms with Crippen molar-refractivity contribution in [3.8, 4) is 17.3 Å². The minimum Gasteiger partial charge on any atom is -0.462 e. The number of amides is 1. The van der Waals surface area contributed by atoms with E-state index in [4.69, 9.17) is 10.5 Å². The SMILES string of the molecule is NC(=O)c1cc(-c2ccc(C(F)(F)F)cc2)nc(OCCN2CCCC2)n1. The number of rotatable bonds is 6. The molecule has 1 fully saturated rings. The Hall–Kier alpha value is -2.68. The number of hydrogen-bond donors (Lipinski definition) is 1. The molecule has 1 saturated heterocycles. The van der Waals surface area contributed by atoms with Crippen molar-refractivity contribution in [2.45, 2.75) is 19.0 Å². The first-order valence-electron chi connectivity index (χ1n) is 8.54. The number of carbonyl (C=O) groups is 1. The Bertz CT molecular complexity index is 803. The summed E-state index contributed by atoms with van der Waals surface area (Å²) in [5.74, 6) is -0.769. The number of alkyl halides is 3.